The van der Waals surface area contributed by atoms with E-state index in [0.717, 1.165) is 13.2 Å². The van der Waals surface area contributed by atoms with E-state index >= 15 is 0 Å². The molecule has 0 fully saturated rings. The molecule has 0 saturated heterocycles. The maximum Gasteiger partial charge on any atom is 0.334 e. The molecular formula is C4H9NO4S2. The zero-order valence-corrected chi connectivity index (χ0v) is 7.74. The molecule has 0 aliphatic rings. The minimum Gasteiger partial charge on any atom is -0.479 e. The molecule has 1 atom stereocenters. The molecule has 0 aromatic heterocycles. The summed E-state index contributed by atoms with van der Waals surface area (Å²) in [5.74, 6) is -1.34. The molecule has 0 amide bonds. The first-order valence-electron chi connectivity index (χ1n) is 2.60. The molecule has 0 radical (unpaired) electrons. The number of carbonyl (C=O) groups is 1. The molecule has 0 rings (SSSR count). The van der Waals surface area contributed by atoms with Crippen molar-refractivity contribution >= 4 is 28.6 Å². The summed E-state index contributed by atoms with van der Waals surface area (Å²) in [6, 6.07) is 0. The zero-order valence-electron chi connectivity index (χ0n) is 6.03. The number of carboxylic acid groups (broad SMARTS) is 1. The molecule has 0 bridgehead atoms. The van der Waals surface area contributed by atoms with Gasteiger partial charge in [-0.2, -0.15) is 4.72 Å². The molecule has 1 unspecified atom stereocenters. The Balaban J connectivity index is 4.51. The van der Waals surface area contributed by atoms with Crippen molar-refractivity contribution in [3.63, 3.8) is 0 Å². The van der Waals surface area contributed by atoms with E-state index in [9.17, 15) is 13.2 Å². The molecule has 2 N–H and O–H groups in total. The van der Waals surface area contributed by atoms with Gasteiger partial charge in [0, 0.05) is 0 Å². The smallest absolute Gasteiger partial charge is 0.334 e. The summed E-state index contributed by atoms with van der Waals surface area (Å²) in [4.78, 5) is 8.55. The monoisotopic (exact) mass is 199 g/mol. The van der Waals surface area contributed by atoms with Gasteiger partial charge in [0.05, 0.1) is 6.26 Å². The van der Waals surface area contributed by atoms with Crippen LogP contribution in [0.1, 0.15) is 6.92 Å². The average Bonchev–Trinajstić information content (AvgIpc) is 1.56. The van der Waals surface area contributed by atoms with Crippen molar-refractivity contribution in [2.75, 3.05) is 6.26 Å². The maximum atomic E-state index is 10.5. The van der Waals surface area contributed by atoms with Gasteiger partial charge in [-0.05, 0) is 6.92 Å². The van der Waals surface area contributed by atoms with Gasteiger partial charge >= 0.3 is 5.97 Å². The van der Waals surface area contributed by atoms with Crippen LogP contribution in [0, 0.1) is 0 Å². The van der Waals surface area contributed by atoms with Gasteiger partial charge in [0.25, 0.3) is 0 Å². The molecule has 11 heavy (non-hydrogen) atoms. The van der Waals surface area contributed by atoms with Crippen molar-refractivity contribution < 1.29 is 18.3 Å². The van der Waals surface area contributed by atoms with Gasteiger partial charge in [0.1, 0.15) is 0 Å². The first-order valence-corrected chi connectivity index (χ1v) is 4.94. The van der Waals surface area contributed by atoms with Gasteiger partial charge in [0.15, 0.2) is 4.87 Å². The van der Waals surface area contributed by atoms with E-state index in [2.05, 4.69) is 12.6 Å². The van der Waals surface area contributed by atoms with Crippen LogP contribution in [0.5, 0.6) is 0 Å². The first kappa shape index (κ1) is 10.7. The SMILES string of the molecule is CC(S)(NS(C)(=O)=O)C(=O)O. The molecular weight excluding hydrogens is 190 g/mol. The molecule has 66 valence electrons. The minimum absolute atomic E-state index is 0.865. The van der Waals surface area contributed by atoms with E-state index in [-0.39, 0.29) is 0 Å². The predicted octanol–water partition coefficient (Wildman–Crippen LogP) is -0.734. The Labute approximate surface area is 70.3 Å². The Kier molecular flexibility index (Phi) is 2.92. The van der Waals surface area contributed by atoms with E-state index in [0.29, 0.717) is 0 Å². The molecule has 0 heterocycles. The van der Waals surface area contributed by atoms with Crippen molar-refractivity contribution in [2.24, 2.45) is 0 Å². The van der Waals surface area contributed by atoms with Crippen molar-refractivity contribution in [2.45, 2.75) is 11.8 Å². The van der Waals surface area contributed by atoms with Gasteiger partial charge < -0.3 is 5.11 Å². The first-order chi connectivity index (χ1) is 4.65. The number of carboxylic acids is 1. The fourth-order valence-corrected chi connectivity index (χ4v) is 1.71. The third-order valence-corrected chi connectivity index (χ3v) is 2.03. The fraction of sp³-hybridized carbons (Fsp3) is 0.750. The summed E-state index contributed by atoms with van der Waals surface area (Å²) in [6.07, 6.45) is 0.865. The number of rotatable bonds is 3. The predicted molar refractivity (Wildman–Crippen MR) is 43.0 cm³/mol. The largest absolute Gasteiger partial charge is 0.479 e. The summed E-state index contributed by atoms with van der Waals surface area (Å²) in [7, 11) is -3.53. The number of thiol groups is 1. The van der Waals surface area contributed by atoms with Gasteiger partial charge in [-0.1, -0.05) is 0 Å². The quantitative estimate of drug-likeness (QED) is 0.413. The second-order valence-electron chi connectivity index (χ2n) is 2.25. The molecule has 7 heteroatoms. The van der Waals surface area contributed by atoms with Crippen molar-refractivity contribution in [1.29, 1.82) is 0 Å². The van der Waals surface area contributed by atoms with Crippen LogP contribution in [0.3, 0.4) is 0 Å². The second kappa shape index (κ2) is 3.00. The Hall–Kier alpha value is -0.270. The van der Waals surface area contributed by atoms with Crippen LogP contribution in [-0.4, -0.2) is 30.6 Å². The van der Waals surface area contributed by atoms with E-state index in [1.165, 1.54) is 0 Å². The Morgan fingerprint density at radius 2 is 2.00 bits per heavy atom. The fourth-order valence-electron chi connectivity index (χ4n) is 0.405. The van der Waals surface area contributed by atoms with E-state index in [1.807, 2.05) is 4.72 Å². The molecule has 0 saturated carbocycles. The summed E-state index contributed by atoms with van der Waals surface area (Å²) < 4.78 is 22.9. The molecule has 0 aromatic carbocycles. The van der Waals surface area contributed by atoms with Gasteiger partial charge in [-0.25, -0.2) is 13.2 Å². The van der Waals surface area contributed by atoms with Crippen LogP contribution in [0.15, 0.2) is 0 Å². The normalized spacial score (nSPS) is 17.4. The van der Waals surface area contributed by atoms with Crippen molar-refractivity contribution in [1.82, 2.24) is 4.72 Å². The lowest BCUT2D eigenvalue weighted by molar-refractivity contribution is -0.139. The third-order valence-electron chi connectivity index (χ3n) is 0.801. The number of aliphatic carboxylic acids is 1. The Morgan fingerprint density at radius 3 is 2.09 bits per heavy atom. The van der Waals surface area contributed by atoms with Crippen LogP contribution < -0.4 is 4.72 Å². The highest BCUT2D eigenvalue weighted by Gasteiger charge is 2.31. The van der Waals surface area contributed by atoms with E-state index < -0.39 is 20.9 Å². The van der Waals surface area contributed by atoms with Crippen LogP contribution in [0.2, 0.25) is 0 Å². The molecule has 0 spiro atoms. The van der Waals surface area contributed by atoms with Crippen LogP contribution in [-0.2, 0) is 14.8 Å². The Morgan fingerprint density at radius 1 is 1.64 bits per heavy atom. The Bertz CT molecular complexity index is 255. The van der Waals surface area contributed by atoms with Gasteiger partial charge in [0.2, 0.25) is 10.0 Å². The highest BCUT2D eigenvalue weighted by Crippen LogP contribution is 2.09. The zero-order chi connectivity index (χ0) is 9.28. The summed E-state index contributed by atoms with van der Waals surface area (Å²) >= 11 is 3.59. The lowest BCUT2D eigenvalue weighted by Crippen LogP contribution is -2.47. The van der Waals surface area contributed by atoms with E-state index in [4.69, 9.17) is 5.11 Å². The topological polar surface area (TPSA) is 83.5 Å². The molecule has 0 aliphatic heterocycles. The lowest BCUT2D eigenvalue weighted by atomic mass is 10.4. The number of hydrogen-bond acceptors (Lipinski definition) is 4. The van der Waals surface area contributed by atoms with Crippen LogP contribution in [0.4, 0.5) is 0 Å². The standard InChI is InChI=1S/C4H9NO4S2/c1-4(10,3(6)7)5-11(2,8)9/h5,10H,1-2H3,(H,6,7). The highest BCUT2D eigenvalue weighted by atomic mass is 32.2. The van der Waals surface area contributed by atoms with Gasteiger partial charge in [-0.3, -0.25) is 0 Å². The van der Waals surface area contributed by atoms with Crippen LogP contribution in [0.25, 0.3) is 0 Å². The average molecular weight is 199 g/mol. The minimum atomic E-state index is -3.53. The third kappa shape index (κ3) is 4.23. The second-order valence-corrected chi connectivity index (χ2v) is 4.89. The number of hydrogen-bond donors (Lipinski definition) is 3. The molecule has 0 aromatic rings. The summed E-state index contributed by atoms with van der Waals surface area (Å²) in [5, 5.41) is 8.40. The summed E-state index contributed by atoms with van der Waals surface area (Å²) in [6.45, 7) is 1.14. The van der Waals surface area contributed by atoms with Crippen molar-refractivity contribution in [3.05, 3.63) is 0 Å². The van der Waals surface area contributed by atoms with E-state index in [1.54, 1.807) is 0 Å². The number of sulfonamides is 1. The van der Waals surface area contributed by atoms with Gasteiger partial charge in [-0.15, -0.1) is 12.6 Å². The maximum absolute atomic E-state index is 10.5. The molecule has 5 nitrogen and oxygen atoms in total. The summed E-state index contributed by atoms with van der Waals surface area (Å²) in [5.41, 5.74) is 0. The highest BCUT2D eigenvalue weighted by molar-refractivity contribution is 7.90. The lowest BCUT2D eigenvalue weighted by Gasteiger charge is -2.17. The van der Waals surface area contributed by atoms with Crippen molar-refractivity contribution in [3.8, 4) is 0 Å². The van der Waals surface area contributed by atoms with Crippen LogP contribution >= 0.6 is 12.6 Å². The molecule has 0 aliphatic carbocycles. The number of nitrogens with one attached hydrogen (secondary N) is 1.